The number of aryl methyl sites for hydroxylation is 1. The van der Waals surface area contributed by atoms with E-state index in [1.54, 1.807) is 0 Å². The molecule has 1 saturated heterocycles. The van der Waals surface area contributed by atoms with Crippen LogP contribution >= 0.6 is 24.8 Å². The SMILES string of the molecule is Cc1cc(CN2CCN(C(=O)C(C)C(N)c3ccccc3)CC2)on1.Cl.Cl. The molecular formula is C19H28Cl2N4O2. The van der Waals surface area contributed by atoms with Crippen molar-refractivity contribution in [2.75, 3.05) is 26.2 Å². The molecule has 27 heavy (non-hydrogen) atoms. The Hall–Kier alpha value is -1.60. The molecule has 1 fully saturated rings. The maximum absolute atomic E-state index is 12.8. The van der Waals surface area contributed by atoms with Gasteiger partial charge in [0.1, 0.15) is 0 Å². The second kappa shape index (κ2) is 10.7. The molecular weight excluding hydrogens is 387 g/mol. The third kappa shape index (κ3) is 5.94. The molecule has 3 rings (SSSR count). The van der Waals surface area contributed by atoms with E-state index in [9.17, 15) is 4.79 Å². The molecule has 0 spiro atoms. The fourth-order valence-electron chi connectivity index (χ4n) is 3.24. The summed E-state index contributed by atoms with van der Waals surface area (Å²) in [4.78, 5) is 17.0. The highest BCUT2D eigenvalue weighted by Gasteiger charge is 2.29. The molecule has 2 aromatic rings. The zero-order chi connectivity index (χ0) is 17.8. The minimum absolute atomic E-state index is 0. The highest BCUT2D eigenvalue weighted by molar-refractivity contribution is 5.85. The second-order valence-electron chi connectivity index (χ2n) is 6.76. The van der Waals surface area contributed by atoms with Gasteiger partial charge in [0.15, 0.2) is 5.76 Å². The van der Waals surface area contributed by atoms with Crippen molar-refractivity contribution in [3.05, 3.63) is 53.4 Å². The van der Waals surface area contributed by atoms with Crippen LogP contribution in [0.15, 0.2) is 40.9 Å². The van der Waals surface area contributed by atoms with Crippen molar-refractivity contribution in [1.82, 2.24) is 15.0 Å². The summed E-state index contributed by atoms with van der Waals surface area (Å²) in [7, 11) is 0. The highest BCUT2D eigenvalue weighted by atomic mass is 35.5. The fourth-order valence-corrected chi connectivity index (χ4v) is 3.24. The van der Waals surface area contributed by atoms with Gasteiger partial charge in [-0.25, -0.2) is 0 Å². The maximum Gasteiger partial charge on any atom is 0.227 e. The number of hydrogen-bond acceptors (Lipinski definition) is 5. The summed E-state index contributed by atoms with van der Waals surface area (Å²) < 4.78 is 5.27. The van der Waals surface area contributed by atoms with E-state index in [1.807, 2.05) is 55.1 Å². The van der Waals surface area contributed by atoms with Gasteiger partial charge in [0.25, 0.3) is 0 Å². The maximum atomic E-state index is 12.8. The Kier molecular flexibility index (Phi) is 9.26. The van der Waals surface area contributed by atoms with Gasteiger partial charge in [-0.05, 0) is 12.5 Å². The number of amides is 1. The normalized spacial score (nSPS) is 16.8. The molecule has 1 amide bonds. The first kappa shape index (κ1) is 23.4. The van der Waals surface area contributed by atoms with Crippen LogP contribution in [0, 0.1) is 12.8 Å². The minimum atomic E-state index is -0.274. The smallest absolute Gasteiger partial charge is 0.227 e. The van der Waals surface area contributed by atoms with E-state index in [-0.39, 0.29) is 42.7 Å². The third-order valence-corrected chi connectivity index (χ3v) is 4.85. The third-order valence-electron chi connectivity index (χ3n) is 4.85. The van der Waals surface area contributed by atoms with E-state index in [1.165, 1.54) is 0 Å². The van der Waals surface area contributed by atoms with Gasteiger partial charge >= 0.3 is 0 Å². The summed E-state index contributed by atoms with van der Waals surface area (Å²) in [6.45, 7) is 7.68. The van der Waals surface area contributed by atoms with Gasteiger partial charge in [-0.15, -0.1) is 24.8 Å². The Balaban J connectivity index is 0.00000182. The van der Waals surface area contributed by atoms with Gasteiger partial charge in [0.2, 0.25) is 5.91 Å². The van der Waals surface area contributed by atoms with Gasteiger partial charge in [-0.3, -0.25) is 9.69 Å². The van der Waals surface area contributed by atoms with Crippen molar-refractivity contribution in [1.29, 1.82) is 0 Å². The van der Waals surface area contributed by atoms with E-state index in [2.05, 4.69) is 10.1 Å². The quantitative estimate of drug-likeness (QED) is 0.813. The van der Waals surface area contributed by atoms with Crippen LogP contribution in [-0.2, 0) is 11.3 Å². The van der Waals surface area contributed by atoms with Crippen molar-refractivity contribution >= 4 is 30.7 Å². The Bertz CT molecular complexity index is 703. The molecule has 2 heterocycles. The zero-order valence-corrected chi connectivity index (χ0v) is 17.3. The Morgan fingerprint density at radius 1 is 1.19 bits per heavy atom. The molecule has 1 aliphatic rings. The van der Waals surface area contributed by atoms with Crippen LogP contribution in [0.2, 0.25) is 0 Å². The summed E-state index contributed by atoms with van der Waals surface area (Å²) in [5.74, 6) is 0.772. The summed E-state index contributed by atoms with van der Waals surface area (Å²) >= 11 is 0. The van der Waals surface area contributed by atoms with E-state index in [4.69, 9.17) is 10.3 Å². The lowest BCUT2D eigenvalue weighted by atomic mass is 9.94. The number of benzene rings is 1. The Morgan fingerprint density at radius 2 is 1.81 bits per heavy atom. The lowest BCUT2D eigenvalue weighted by Crippen LogP contribution is -2.50. The number of hydrogen-bond donors (Lipinski definition) is 1. The molecule has 0 saturated carbocycles. The van der Waals surface area contributed by atoms with Gasteiger partial charge in [-0.1, -0.05) is 42.4 Å². The van der Waals surface area contributed by atoms with Gasteiger partial charge in [0.05, 0.1) is 18.2 Å². The van der Waals surface area contributed by atoms with Crippen molar-refractivity contribution in [2.24, 2.45) is 11.7 Å². The van der Waals surface area contributed by atoms with Gasteiger partial charge in [0, 0.05) is 38.3 Å². The fraction of sp³-hybridized carbons (Fsp3) is 0.474. The number of piperazine rings is 1. The molecule has 0 bridgehead atoms. The van der Waals surface area contributed by atoms with Gasteiger partial charge in [-0.2, -0.15) is 0 Å². The van der Waals surface area contributed by atoms with Crippen LogP contribution in [0.1, 0.15) is 30.0 Å². The summed E-state index contributed by atoms with van der Waals surface area (Å²) in [5, 5.41) is 3.92. The molecule has 1 aromatic heterocycles. The second-order valence-corrected chi connectivity index (χ2v) is 6.76. The molecule has 2 atom stereocenters. The Morgan fingerprint density at radius 3 is 2.37 bits per heavy atom. The van der Waals surface area contributed by atoms with Crippen molar-refractivity contribution in [3.8, 4) is 0 Å². The standard InChI is InChI=1S/C19H26N4O2.2ClH/c1-14-12-17(25-21-14)13-22-8-10-23(11-9-22)19(24)15(2)18(20)16-6-4-3-5-7-16;;/h3-7,12,15,18H,8-11,13,20H2,1-2H3;2*1H. The first-order valence-electron chi connectivity index (χ1n) is 8.78. The van der Waals surface area contributed by atoms with E-state index in [0.29, 0.717) is 0 Å². The molecule has 1 aromatic carbocycles. The summed E-state index contributed by atoms with van der Waals surface area (Å²) in [6.07, 6.45) is 0. The van der Waals surface area contributed by atoms with Crippen LogP contribution in [0.4, 0.5) is 0 Å². The lowest BCUT2D eigenvalue weighted by Gasteiger charge is -2.36. The first-order valence-corrected chi connectivity index (χ1v) is 8.78. The number of nitrogens with zero attached hydrogens (tertiary/aromatic N) is 3. The van der Waals surface area contributed by atoms with Crippen LogP contribution in [0.25, 0.3) is 0 Å². The number of nitrogens with two attached hydrogens (primary N) is 1. The lowest BCUT2D eigenvalue weighted by molar-refractivity contribution is -0.137. The predicted octanol–water partition coefficient (Wildman–Crippen LogP) is 2.81. The molecule has 2 N–H and O–H groups in total. The molecule has 8 heteroatoms. The molecule has 150 valence electrons. The van der Waals surface area contributed by atoms with Gasteiger partial charge < -0.3 is 15.2 Å². The first-order chi connectivity index (χ1) is 12.0. The van der Waals surface area contributed by atoms with Crippen molar-refractivity contribution in [3.63, 3.8) is 0 Å². The average molecular weight is 415 g/mol. The monoisotopic (exact) mass is 414 g/mol. The number of aromatic nitrogens is 1. The van der Waals surface area contributed by atoms with E-state index < -0.39 is 0 Å². The number of rotatable bonds is 5. The molecule has 0 radical (unpaired) electrons. The number of carbonyl (C=O) groups excluding carboxylic acids is 1. The molecule has 6 nitrogen and oxygen atoms in total. The summed E-state index contributed by atoms with van der Waals surface area (Å²) in [6, 6.07) is 11.5. The van der Waals surface area contributed by atoms with Crippen molar-refractivity contribution in [2.45, 2.75) is 26.4 Å². The van der Waals surface area contributed by atoms with Crippen molar-refractivity contribution < 1.29 is 9.32 Å². The van der Waals surface area contributed by atoms with Crippen LogP contribution in [0.3, 0.4) is 0 Å². The predicted molar refractivity (Wildman–Crippen MR) is 110 cm³/mol. The van der Waals surface area contributed by atoms with E-state index in [0.717, 1.165) is 49.7 Å². The topological polar surface area (TPSA) is 75.6 Å². The Labute approximate surface area is 172 Å². The average Bonchev–Trinajstić information content (AvgIpc) is 3.06. The molecule has 0 aliphatic carbocycles. The zero-order valence-electron chi connectivity index (χ0n) is 15.7. The van der Waals surface area contributed by atoms with Crippen LogP contribution in [-0.4, -0.2) is 47.0 Å². The number of halogens is 2. The van der Waals surface area contributed by atoms with Crippen LogP contribution < -0.4 is 5.73 Å². The number of carbonyl (C=O) groups is 1. The molecule has 2 unspecified atom stereocenters. The minimum Gasteiger partial charge on any atom is -0.360 e. The highest BCUT2D eigenvalue weighted by Crippen LogP contribution is 2.22. The largest absolute Gasteiger partial charge is 0.360 e. The molecule has 1 aliphatic heterocycles. The van der Waals surface area contributed by atoms with Crippen LogP contribution in [0.5, 0.6) is 0 Å². The summed E-state index contributed by atoms with van der Waals surface area (Å²) in [5.41, 5.74) is 8.20. The van der Waals surface area contributed by atoms with E-state index >= 15 is 0 Å².